The summed E-state index contributed by atoms with van der Waals surface area (Å²) in [7, 11) is 0. The van der Waals surface area contributed by atoms with Crippen molar-refractivity contribution in [3.63, 3.8) is 0 Å². The van der Waals surface area contributed by atoms with Crippen LogP contribution < -0.4 is 10.2 Å². The van der Waals surface area contributed by atoms with Crippen LogP contribution >= 0.6 is 23.1 Å². The minimum absolute atomic E-state index is 0.174. The predicted octanol–water partition coefficient (Wildman–Crippen LogP) is 3.11. The fraction of sp³-hybridized carbons (Fsp3) is 0.500. The summed E-state index contributed by atoms with van der Waals surface area (Å²) in [6.45, 7) is 9.52. The van der Waals surface area contributed by atoms with Gasteiger partial charge < -0.3 is 15.1 Å². The van der Waals surface area contributed by atoms with Gasteiger partial charge >= 0.3 is 0 Å². The number of nitrogens with one attached hydrogen (secondary N) is 1. The number of amides is 1. The van der Waals surface area contributed by atoms with Crippen molar-refractivity contribution in [3.05, 3.63) is 29.8 Å². The second kappa shape index (κ2) is 8.73. The van der Waals surface area contributed by atoms with Crippen molar-refractivity contribution in [2.75, 3.05) is 42.1 Å². The Labute approximate surface area is 163 Å². The van der Waals surface area contributed by atoms with E-state index in [2.05, 4.69) is 65.5 Å². The second-order valence-electron chi connectivity index (χ2n) is 6.67. The molecule has 140 valence electrons. The zero-order chi connectivity index (χ0) is 18.5. The van der Waals surface area contributed by atoms with Gasteiger partial charge in [0.15, 0.2) is 4.34 Å². The Morgan fingerprint density at radius 3 is 2.73 bits per heavy atom. The van der Waals surface area contributed by atoms with Gasteiger partial charge in [0.05, 0.1) is 5.75 Å². The Bertz CT molecular complexity index is 741. The topological polar surface area (TPSA) is 61.4 Å². The van der Waals surface area contributed by atoms with Gasteiger partial charge in [0, 0.05) is 37.9 Å². The van der Waals surface area contributed by atoms with Crippen LogP contribution in [0.3, 0.4) is 0 Å². The normalized spacial score (nSPS) is 14.8. The fourth-order valence-electron chi connectivity index (χ4n) is 2.83. The number of carbonyl (C=O) groups excluding carboxylic acids is 1. The van der Waals surface area contributed by atoms with E-state index in [1.54, 1.807) is 0 Å². The molecule has 2 aromatic rings. The first-order chi connectivity index (χ1) is 12.5. The van der Waals surface area contributed by atoms with Gasteiger partial charge in [-0.15, -0.1) is 10.2 Å². The van der Waals surface area contributed by atoms with Crippen LogP contribution in [0, 0.1) is 6.92 Å². The minimum Gasteiger partial charge on any atom is -0.368 e. The van der Waals surface area contributed by atoms with Gasteiger partial charge in [0.1, 0.15) is 0 Å². The number of nitrogens with zero attached hydrogens (tertiary/aromatic N) is 4. The highest BCUT2D eigenvalue weighted by Gasteiger charge is 2.21. The van der Waals surface area contributed by atoms with Gasteiger partial charge in [-0.3, -0.25) is 4.79 Å². The number of benzene rings is 1. The van der Waals surface area contributed by atoms with E-state index in [0.717, 1.165) is 35.7 Å². The van der Waals surface area contributed by atoms with Crippen molar-refractivity contribution >= 4 is 39.8 Å². The van der Waals surface area contributed by atoms with E-state index in [-0.39, 0.29) is 5.91 Å². The molecule has 0 radical (unpaired) electrons. The molecule has 6 nitrogen and oxygen atoms in total. The lowest BCUT2D eigenvalue weighted by Gasteiger charge is -2.36. The van der Waals surface area contributed by atoms with Crippen LogP contribution in [0.5, 0.6) is 0 Å². The van der Waals surface area contributed by atoms with Crippen LogP contribution in [0.25, 0.3) is 0 Å². The number of thioether (sulfide) groups is 1. The lowest BCUT2D eigenvalue weighted by atomic mass is 10.2. The number of hydrogen-bond acceptors (Lipinski definition) is 7. The number of hydrogen-bond donors (Lipinski definition) is 1. The molecule has 8 heteroatoms. The average Bonchev–Trinajstić information content (AvgIpc) is 3.06. The SMILES string of the molecule is Cc1cccc(N2CCN(C(=O)CSc3nnc(NC(C)C)s3)CC2)c1. The number of aryl methyl sites for hydroxylation is 1. The largest absolute Gasteiger partial charge is 0.368 e. The van der Waals surface area contributed by atoms with Gasteiger partial charge in [0.25, 0.3) is 0 Å². The minimum atomic E-state index is 0.174. The smallest absolute Gasteiger partial charge is 0.233 e. The highest BCUT2D eigenvalue weighted by atomic mass is 32.2. The molecule has 2 heterocycles. The molecule has 3 rings (SSSR count). The summed E-state index contributed by atoms with van der Waals surface area (Å²) in [5.41, 5.74) is 2.51. The van der Waals surface area contributed by atoms with Crippen molar-refractivity contribution < 1.29 is 4.79 Å². The van der Waals surface area contributed by atoms with Gasteiger partial charge in [-0.2, -0.15) is 0 Å². The second-order valence-corrected chi connectivity index (χ2v) is 8.87. The van der Waals surface area contributed by atoms with E-state index in [0.29, 0.717) is 11.8 Å². The lowest BCUT2D eigenvalue weighted by Crippen LogP contribution is -2.49. The van der Waals surface area contributed by atoms with Crippen molar-refractivity contribution in [2.45, 2.75) is 31.2 Å². The molecule has 0 unspecified atom stereocenters. The molecule has 1 aromatic carbocycles. The number of rotatable bonds is 6. The quantitative estimate of drug-likeness (QED) is 0.764. The third-order valence-corrected chi connectivity index (χ3v) is 6.11. The molecule has 0 bridgehead atoms. The van der Waals surface area contributed by atoms with Crippen LogP contribution in [-0.4, -0.2) is 59.0 Å². The Hall–Kier alpha value is -1.80. The molecule has 1 aromatic heterocycles. The van der Waals surface area contributed by atoms with Gasteiger partial charge in [0.2, 0.25) is 11.0 Å². The molecule has 0 atom stereocenters. The monoisotopic (exact) mass is 391 g/mol. The van der Waals surface area contributed by atoms with Crippen LogP contribution in [-0.2, 0) is 4.79 Å². The van der Waals surface area contributed by atoms with E-state index in [4.69, 9.17) is 0 Å². The highest BCUT2D eigenvalue weighted by Crippen LogP contribution is 2.26. The van der Waals surface area contributed by atoms with Crippen molar-refractivity contribution in [2.24, 2.45) is 0 Å². The summed E-state index contributed by atoms with van der Waals surface area (Å²) in [6.07, 6.45) is 0. The molecule has 1 aliphatic rings. The van der Waals surface area contributed by atoms with Crippen molar-refractivity contribution in [3.8, 4) is 0 Å². The van der Waals surface area contributed by atoms with Crippen LogP contribution in [0.2, 0.25) is 0 Å². The Morgan fingerprint density at radius 1 is 1.27 bits per heavy atom. The van der Waals surface area contributed by atoms with Gasteiger partial charge in [-0.1, -0.05) is 35.2 Å². The maximum Gasteiger partial charge on any atom is 0.233 e. The average molecular weight is 392 g/mol. The zero-order valence-corrected chi connectivity index (χ0v) is 17.1. The molecule has 0 saturated carbocycles. The summed E-state index contributed by atoms with van der Waals surface area (Å²) in [6, 6.07) is 8.86. The van der Waals surface area contributed by atoms with Crippen LogP contribution in [0.4, 0.5) is 10.8 Å². The van der Waals surface area contributed by atoms with Crippen molar-refractivity contribution in [1.29, 1.82) is 0 Å². The summed E-state index contributed by atoms with van der Waals surface area (Å²) in [5.74, 6) is 0.591. The zero-order valence-electron chi connectivity index (χ0n) is 15.4. The summed E-state index contributed by atoms with van der Waals surface area (Å²) in [5, 5.41) is 12.3. The summed E-state index contributed by atoms with van der Waals surface area (Å²) in [4.78, 5) is 16.8. The first-order valence-corrected chi connectivity index (χ1v) is 10.6. The molecule has 1 fully saturated rings. The van der Waals surface area contributed by atoms with E-state index in [1.165, 1.54) is 34.3 Å². The number of carbonyl (C=O) groups is 1. The van der Waals surface area contributed by atoms with Crippen LogP contribution in [0.15, 0.2) is 28.6 Å². The molecule has 26 heavy (non-hydrogen) atoms. The molecule has 0 aliphatic carbocycles. The number of piperazine rings is 1. The van der Waals surface area contributed by atoms with Crippen molar-refractivity contribution in [1.82, 2.24) is 15.1 Å². The van der Waals surface area contributed by atoms with Crippen LogP contribution in [0.1, 0.15) is 19.4 Å². The molecular weight excluding hydrogens is 366 g/mol. The molecular formula is C18H25N5OS2. The third kappa shape index (κ3) is 5.11. The summed E-state index contributed by atoms with van der Waals surface area (Å²) >= 11 is 2.97. The Morgan fingerprint density at radius 2 is 2.04 bits per heavy atom. The third-order valence-electron chi connectivity index (χ3n) is 4.14. The first-order valence-electron chi connectivity index (χ1n) is 8.83. The van der Waals surface area contributed by atoms with E-state index < -0.39 is 0 Å². The number of anilines is 2. The van der Waals surface area contributed by atoms with E-state index >= 15 is 0 Å². The predicted molar refractivity (Wildman–Crippen MR) is 109 cm³/mol. The van der Waals surface area contributed by atoms with Gasteiger partial charge in [-0.25, -0.2) is 0 Å². The highest BCUT2D eigenvalue weighted by molar-refractivity contribution is 8.01. The molecule has 1 amide bonds. The Balaban J connectivity index is 1.45. The molecule has 0 spiro atoms. The first kappa shape index (κ1) is 19.0. The summed E-state index contributed by atoms with van der Waals surface area (Å²) < 4.78 is 0.833. The lowest BCUT2D eigenvalue weighted by molar-refractivity contribution is -0.128. The van der Waals surface area contributed by atoms with Gasteiger partial charge in [-0.05, 0) is 38.5 Å². The Kier molecular flexibility index (Phi) is 6.37. The maximum absolute atomic E-state index is 12.5. The molecule has 1 saturated heterocycles. The van der Waals surface area contributed by atoms with E-state index in [9.17, 15) is 4.79 Å². The standard InChI is InChI=1S/C18H25N5OS2/c1-13(2)19-17-20-21-18(26-17)25-12-16(24)23-9-7-22(8-10-23)15-6-4-5-14(3)11-15/h4-6,11,13H,7-10,12H2,1-3H3,(H,19,20). The fourth-order valence-corrected chi connectivity index (χ4v) is 4.63. The number of aromatic nitrogens is 2. The molecule has 1 aliphatic heterocycles. The molecule has 1 N–H and O–H groups in total. The maximum atomic E-state index is 12.5. The van der Waals surface area contributed by atoms with E-state index in [1.807, 2.05) is 4.90 Å².